The fourth-order valence-corrected chi connectivity index (χ4v) is 4.82. The Labute approximate surface area is 144 Å². The highest BCUT2D eigenvalue weighted by Crippen LogP contribution is 2.53. The second-order valence-corrected chi connectivity index (χ2v) is 7.26. The van der Waals surface area contributed by atoms with E-state index in [0.29, 0.717) is 5.75 Å². The molecular weight excluding hydrogens is 391 g/mol. The molecule has 0 aliphatic rings. The number of hydrogen-bond donors (Lipinski definition) is 1. The van der Waals surface area contributed by atoms with Gasteiger partial charge in [0.25, 0.3) is 7.37 Å². The normalized spacial score (nSPS) is 13.7. The van der Waals surface area contributed by atoms with Gasteiger partial charge < -0.3 is 28.6 Å². The summed E-state index contributed by atoms with van der Waals surface area (Å²) in [7, 11) is 0.267. The number of rotatable bonds is 9. The largest absolute Gasteiger partial charge is 0.493 e. The van der Waals surface area contributed by atoms with Crippen molar-refractivity contribution in [2.24, 2.45) is 0 Å². The molecule has 0 saturated heterocycles. The van der Waals surface area contributed by atoms with Gasteiger partial charge in [0.2, 0.25) is 11.8 Å². The van der Waals surface area contributed by atoms with Crippen molar-refractivity contribution in [2.45, 2.75) is 19.9 Å². The van der Waals surface area contributed by atoms with Crippen LogP contribution in [0.1, 0.15) is 13.8 Å². The molecule has 0 amide bonds. The number of methoxy groups -OCH3 is 3. The molecule has 1 rings (SSSR count). The zero-order valence-corrected chi connectivity index (χ0v) is 16.3. The molecule has 1 unspecified atom stereocenters. The van der Waals surface area contributed by atoms with E-state index in [1.807, 2.05) is 0 Å². The van der Waals surface area contributed by atoms with Crippen LogP contribution in [0.25, 0.3) is 0 Å². The smallest absolute Gasteiger partial charge is 0.285 e. The molecule has 1 aromatic carbocycles. The van der Waals surface area contributed by atoms with Crippen LogP contribution in [-0.2, 0) is 14.0 Å². The Hall–Kier alpha value is -0.790. The molecule has 7 nitrogen and oxygen atoms in total. The topological polar surface area (TPSA) is 83.5 Å². The summed E-state index contributed by atoms with van der Waals surface area (Å²) < 4.78 is 39.6. The highest BCUT2D eigenvalue weighted by molar-refractivity contribution is 9.10. The number of benzene rings is 1. The molecule has 0 aliphatic carbocycles. The second-order valence-electron chi connectivity index (χ2n) is 4.32. The standard InChI is InChI=1S/C14H22BrO7P/c1-6-21-14(22-7-2)23(16,17)10-8-9(18-3)12(19-4)13(20-5)11(10)15/h8,14H,6-7H2,1-5H3,(H,16,17). The van der Waals surface area contributed by atoms with E-state index in [-0.39, 0.29) is 34.5 Å². The summed E-state index contributed by atoms with van der Waals surface area (Å²) in [6.45, 7) is 3.90. The van der Waals surface area contributed by atoms with Crippen molar-refractivity contribution in [3.05, 3.63) is 10.5 Å². The minimum atomic E-state index is -4.04. The van der Waals surface area contributed by atoms with Crippen LogP contribution in [0, 0.1) is 0 Å². The van der Waals surface area contributed by atoms with E-state index in [1.54, 1.807) is 13.8 Å². The van der Waals surface area contributed by atoms with Gasteiger partial charge in [-0.25, -0.2) is 0 Å². The summed E-state index contributed by atoms with van der Waals surface area (Å²) in [4.78, 5) is 10.6. The Kier molecular flexibility index (Phi) is 7.83. The van der Waals surface area contributed by atoms with Crippen LogP contribution < -0.4 is 19.5 Å². The highest BCUT2D eigenvalue weighted by atomic mass is 79.9. The van der Waals surface area contributed by atoms with Crippen LogP contribution in [0.2, 0.25) is 0 Å². The first-order valence-electron chi connectivity index (χ1n) is 6.93. The molecule has 0 fully saturated rings. The Morgan fingerprint density at radius 3 is 2.00 bits per heavy atom. The Balaban J connectivity index is 3.54. The van der Waals surface area contributed by atoms with Crippen LogP contribution in [0.3, 0.4) is 0 Å². The van der Waals surface area contributed by atoms with Crippen molar-refractivity contribution in [3.63, 3.8) is 0 Å². The summed E-state index contributed by atoms with van der Waals surface area (Å²) in [5.74, 6) is 0.835. The quantitative estimate of drug-likeness (QED) is 0.493. The van der Waals surface area contributed by atoms with Gasteiger partial charge in [0, 0.05) is 13.2 Å². The lowest BCUT2D eigenvalue weighted by atomic mass is 10.3. The number of hydrogen-bond acceptors (Lipinski definition) is 6. The van der Waals surface area contributed by atoms with E-state index < -0.39 is 13.4 Å². The average Bonchev–Trinajstić information content (AvgIpc) is 2.53. The summed E-state index contributed by atoms with van der Waals surface area (Å²) in [6, 6.07) is 0.133. The molecule has 0 spiro atoms. The lowest BCUT2D eigenvalue weighted by Crippen LogP contribution is -2.25. The zero-order chi connectivity index (χ0) is 17.6. The predicted octanol–water partition coefficient (Wildman–Crippen LogP) is 2.73. The first-order valence-corrected chi connectivity index (χ1v) is 9.45. The van der Waals surface area contributed by atoms with Gasteiger partial charge in [0.1, 0.15) is 0 Å². The molecular formula is C14H22BrO7P. The van der Waals surface area contributed by atoms with Crippen molar-refractivity contribution in [2.75, 3.05) is 34.5 Å². The van der Waals surface area contributed by atoms with E-state index in [0.717, 1.165) is 0 Å². The number of halogens is 1. The molecule has 0 bridgehead atoms. The maximum atomic E-state index is 13.0. The lowest BCUT2D eigenvalue weighted by molar-refractivity contribution is -0.0859. The van der Waals surface area contributed by atoms with E-state index >= 15 is 0 Å². The first-order chi connectivity index (χ1) is 10.9. The predicted molar refractivity (Wildman–Crippen MR) is 90.3 cm³/mol. The van der Waals surface area contributed by atoms with E-state index in [1.165, 1.54) is 27.4 Å². The maximum absolute atomic E-state index is 13.0. The monoisotopic (exact) mass is 412 g/mol. The van der Waals surface area contributed by atoms with Crippen LogP contribution in [0.5, 0.6) is 17.2 Å². The minimum absolute atomic E-state index is 0.0684. The summed E-state index contributed by atoms with van der Waals surface area (Å²) >= 11 is 3.30. The van der Waals surface area contributed by atoms with Gasteiger partial charge in [-0.15, -0.1) is 0 Å². The van der Waals surface area contributed by atoms with Gasteiger partial charge >= 0.3 is 0 Å². The van der Waals surface area contributed by atoms with Crippen LogP contribution in [-0.4, -0.2) is 45.5 Å². The second kappa shape index (κ2) is 8.89. The molecule has 23 heavy (non-hydrogen) atoms. The lowest BCUT2D eigenvalue weighted by Gasteiger charge is -2.25. The van der Waals surface area contributed by atoms with Crippen molar-refractivity contribution in [1.29, 1.82) is 0 Å². The van der Waals surface area contributed by atoms with Gasteiger partial charge in [-0.1, -0.05) is 0 Å². The molecule has 0 aliphatic heterocycles. The fraction of sp³-hybridized carbons (Fsp3) is 0.571. The molecule has 9 heteroatoms. The SMILES string of the molecule is CCOC(OCC)P(=O)(O)c1cc(OC)c(OC)c(OC)c1Br. The number of ether oxygens (including phenoxy) is 5. The van der Waals surface area contributed by atoms with Crippen molar-refractivity contribution in [3.8, 4) is 17.2 Å². The van der Waals surface area contributed by atoms with E-state index in [9.17, 15) is 9.46 Å². The van der Waals surface area contributed by atoms with Crippen LogP contribution in [0.4, 0.5) is 0 Å². The molecule has 0 radical (unpaired) electrons. The van der Waals surface area contributed by atoms with Gasteiger partial charge in [0.15, 0.2) is 11.5 Å². The molecule has 1 aromatic rings. The molecule has 132 valence electrons. The minimum Gasteiger partial charge on any atom is -0.493 e. The van der Waals surface area contributed by atoms with Gasteiger partial charge in [-0.2, -0.15) is 0 Å². The molecule has 0 aromatic heterocycles. The summed E-state index contributed by atoms with van der Waals surface area (Å²) in [5, 5.41) is 0.0684. The van der Waals surface area contributed by atoms with E-state index in [4.69, 9.17) is 23.7 Å². The highest BCUT2D eigenvalue weighted by Gasteiger charge is 2.39. The summed E-state index contributed by atoms with van der Waals surface area (Å²) in [5.41, 5.74) is 0. The van der Waals surface area contributed by atoms with Crippen LogP contribution in [0.15, 0.2) is 10.5 Å². The van der Waals surface area contributed by atoms with Gasteiger partial charge in [0.05, 0.1) is 31.1 Å². The molecule has 1 N–H and O–H groups in total. The van der Waals surface area contributed by atoms with Crippen LogP contribution >= 0.6 is 23.3 Å². The Morgan fingerprint density at radius 1 is 1.09 bits per heavy atom. The fourth-order valence-electron chi connectivity index (χ4n) is 1.99. The molecule has 0 heterocycles. The van der Waals surface area contributed by atoms with Crippen molar-refractivity contribution >= 4 is 28.6 Å². The van der Waals surface area contributed by atoms with Gasteiger partial charge in [-0.05, 0) is 35.8 Å². The molecule has 1 atom stereocenters. The first kappa shape index (κ1) is 20.3. The maximum Gasteiger partial charge on any atom is 0.285 e. The third-order valence-electron chi connectivity index (χ3n) is 3.00. The molecule has 0 saturated carbocycles. The zero-order valence-electron chi connectivity index (χ0n) is 13.8. The third-order valence-corrected chi connectivity index (χ3v) is 6.01. The Morgan fingerprint density at radius 2 is 1.61 bits per heavy atom. The van der Waals surface area contributed by atoms with Crippen molar-refractivity contribution in [1.82, 2.24) is 0 Å². The summed E-state index contributed by atoms with van der Waals surface area (Å²) in [6.07, 6.45) is 0. The Bertz CT molecular complexity index is 573. The van der Waals surface area contributed by atoms with E-state index in [2.05, 4.69) is 15.9 Å². The van der Waals surface area contributed by atoms with Gasteiger partial charge in [-0.3, -0.25) is 4.57 Å². The van der Waals surface area contributed by atoms with Crippen molar-refractivity contribution < 1.29 is 33.1 Å². The average molecular weight is 413 g/mol. The third kappa shape index (κ3) is 4.19.